The number of ketones is 1. The Bertz CT molecular complexity index is 1310. The second-order valence-corrected chi connectivity index (χ2v) is 9.78. The summed E-state index contributed by atoms with van der Waals surface area (Å²) in [6.45, 7) is 2.28. The van der Waals surface area contributed by atoms with E-state index < -0.39 is 23.5 Å². The Balaban J connectivity index is 1.64. The monoisotopic (exact) mass is 579 g/mol. The van der Waals surface area contributed by atoms with Crippen molar-refractivity contribution in [1.82, 2.24) is 0 Å². The van der Waals surface area contributed by atoms with Gasteiger partial charge in [-0.2, -0.15) is 13.2 Å². The van der Waals surface area contributed by atoms with Crippen molar-refractivity contribution >= 4 is 29.0 Å². The molecule has 0 unspecified atom stereocenters. The van der Waals surface area contributed by atoms with Crippen molar-refractivity contribution in [1.29, 1.82) is 0 Å². The second-order valence-electron chi connectivity index (χ2n) is 9.38. The molecule has 0 aliphatic carbocycles. The van der Waals surface area contributed by atoms with E-state index in [1.54, 1.807) is 24.3 Å². The number of carboxylic acids is 1. The van der Waals surface area contributed by atoms with Gasteiger partial charge in [0.2, 0.25) is 0 Å². The molecule has 0 saturated heterocycles. The molecule has 1 atom stereocenters. The smallest absolute Gasteiger partial charge is 0.416 e. The molecule has 3 aromatic carbocycles. The molecule has 0 heterocycles. The number of alkyl halides is 3. The number of hydrogen-bond acceptors (Lipinski definition) is 4. The molecule has 0 aliphatic heterocycles. The van der Waals surface area contributed by atoms with Crippen LogP contribution in [0.3, 0.4) is 0 Å². The first-order valence-electron chi connectivity index (χ1n) is 12.9. The van der Waals surface area contributed by atoms with Crippen molar-refractivity contribution in [3.63, 3.8) is 0 Å². The molecule has 5 nitrogen and oxygen atoms in total. The summed E-state index contributed by atoms with van der Waals surface area (Å²) in [5, 5.41) is 11.9. The van der Waals surface area contributed by atoms with E-state index in [-0.39, 0.29) is 59.6 Å². The molecule has 0 saturated carbocycles. The highest BCUT2D eigenvalue weighted by Gasteiger charge is 2.31. The summed E-state index contributed by atoms with van der Waals surface area (Å²) in [7, 11) is 0. The Labute approximate surface area is 235 Å². The van der Waals surface area contributed by atoms with Gasteiger partial charge in [0, 0.05) is 46.3 Å². The van der Waals surface area contributed by atoms with E-state index in [0.717, 1.165) is 43.1 Å². The highest BCUT2D eigenvalue weighted by molar-refractivity contribution is 6.33. The van der Waals surface area contributed by atoms with E-state index in [2.05, 4.69) is 12.2 Å². The Morgan fingerprint density at radius 2 is 1.68 bits per heavy atom. The molecule has 2 N–H and O–H groups in total. The van der Waals surface area contributed by atoms with Gasteiger partial charge in [-0.15, -0.1) is 0 Å². The van der Waals surface area contributed by atoms with Gasteiger partial charge in [-0.05, 0) is 61.4 Å². The predicted molar refractivity (Wildman–Crippen MR) is 147 cm³/mol. The van der Waals surface area contributed by atoms with Crippen LogP contribution < -0.4 is 10.1 Å². The summed E-state index contributed by atoms with van der Waals surface area (Å²) < 4.78 is 59.5. The largest absolute Gasteiger partial charge is 0.491 e. The van der Waals surface area contributed by atoms with Gasteiger partial charge in [0.25, 0.3) is 0 Å². The molecule has 40 heavy (non-hydrogen) atoms. The van der Waals surface area contributed by atoms with Gasteiger partial charge in [0.1, 0.15) is 18.2 Å². The molecular formula is C30H30ClF4NO4. The third-order valence-corrected chi connectivity index (χ3v) is 6.57. The normalized spacial score (nSPS) is 12.2. The van der Waals surface area contributed by atoms with Crippen LogP contribution in [0, 0.1) is 5.82 Å². The topological polar surface area (TPSA) is 75.6 Å². The number of carbonyl (C=O) groups excluding carboxylic acids is 1. The summed E-state index contributed by atoms with van der Waals surface area (Å²) in [6.07, 6.45) is -1.52. The molecule has 0 amide bonds. The third-order valence-electron chi connectivity index (χ3n) is 6.26. The fraction of sp³-hybridized carbons (Fsp3) is 0.333. The number of hydrogen-bond donors (Lipinski definition) is 2. The van der Waals surface area contributed by atoms with E-state index in [1.165, 1.54) is 18.2 Å². The third kappa shape index (κ3) is 8.98. The minimum atomic E-state index is -4.55. The van der Waals surface area contributed by atoms with Crippen LogP contribution in [0.5, 0.6) is 5.75 Å². The van der Waals surface area contributed by atoms with Crippen molar-refractivity contribution in [2.75, 3.05) is 11.9 Å². The first kappa shape index (κ1) is 30.9. The van der Waals surface area contributed by atoms with Crippen LogP contribution in [0.1, 0.15) is 61.4 Å². The molecule has 0 spiro atoms. The lowest BCUT2D eigenvalue weighted by Crippen LogP contribution is -2.27. The molecule has 0 aromatic heterocycles. The van der Waals surface area contributed by atoms with Crippen LogP contribution in [0.4, 0.5) is 23.2 Å². The number of aliphatic carboxylic acids is 1. The SMILES string of the molecule is CCCC[C@@H](COc1ccc(-c2ccc(C(F)(F)F)cc2Cl)c(F)c1)Nc1ccc(C(=O)CCCC(=O)O)cc1. The molecule has 214 valence electrons. The van der Waals surface area contributed by atoms with E-state index in [4.69, 9.17) is 21.4 Å². The average molecular weight is 580 g/mol. The summed E-state index contributed by atoms with van der Waals surface area (Å²) in [6, 6.07) is 13.7. The number of anilines is 1. The van der Waals surface area contributed by atoms with Gasteiger partial charge in [-0.3, -0.25) is 9.59 Å². The van der Waals surface area contributed by atoms with Gasteiger partial charge in [-0.1, -0.05) is 37.4 Å². The van der Waals surface area contributed by atoms with Gasteiger partial charge in [0.15, 0.2) is 5.78 Å². The van der Waals surface area contributed by atoms with Crippen LogP contribution in [0.25, 0.3) is 11.1 Å². The van der Waals surface area contributed by atoms with E-state index in [1.807, 2.05) is 0 Å². The van der Waals surface area contributed by atoms with Crippen LogP contribution in [0.2, 0.25) is 5.02 Å². The zero-order chi connectivity index (χ0) is 29.3. The molecule has 0 fully saturated rings. The number of ether oxygens (including phenoxy) is 1. The number of rotatable bonds is 14. The summed E-state index contributed by atoms with van der Waals surface area (Å²) >= 11 is 6.02. The second kappa shape index (κ2) is 14.2. The van der Waals surface area contributed by atoms with Crippen LogP contribution in [-0.2, 0) is 11.0 Å². The molecule has 0 radical (unpaired) electrons. The van der Waals surface area contributed by atoms with E-state index in [0.29, 0.717) is 5.56 Å². The molecule has 0 bridgehead atoms. The predicted octanol–water partition coefficient (Wildman–Crippen LogP) is 8.65. The Morgan fingerprint density at radius 1 is 0.975 bits per heavy atom. The Kier molecular flexibility index (Phi) is 11.0. The summed E-state index contributed by atoms with van der Waals surface area (Å²) in [5.41, 5.74) is 0.560. The van der Waals surface area contributed by atoms with Gasteiger partial charge < -0.3 is 15.2 Å². The number of halogens is 5. The maximum atomic E-state index is 14.9. The van der Waals surface area contributed by atoms with E-state index >= 15 is 0 Å². The standard InChI is InChI=1S/C30H30ClF4NO4/c1-2-3-5-22(36-21-11-8-19(9-12-21)28(37)6-4-7-29(38)39)18-40-23-13-15-25(27(32)17-23)24-14-10-20(16-26(24)31)30(33,34)35/h8-17,22,36H,2-7,18H2,1H3,(H,38,39)/t22-/m0/s1. The fourth-order valence-corrected chi connectivity index (χ4v) is 4.37. The molecule has 10 heteroatoms. The summed E-state index contributed by atoms with van der Waals surface area (Å²) in [4.78, 5) is 22.9. The lowest BCUT2D eigenvalue weighted by atomic mass is 10.0. The van der Waals surface area contributed by atoms with Gasteiger partial charge >= 0.3 is 12.1 Å². The van der Waals surface area contributed by atoms with Crippen molar-refractivity contribution in [3.05, 3.63) is 82.6 Å². The molecule has 3 rings (SSSR count). The van der Waals surface area contributed by atoms with Crippen LogP contribution in [-0.4, -0.2) is 29.5 Å². The zero-order valence-corrected chi connectivity index (χ0v) is 22.6. The number of carbonyl (C=O) groups is 2. The van der Waals surface area contributed by atoms with Crippen molar-refractivity contribution < 1.29 is 37.0 Å². The number of nitrogens with one attached hydrogen (secondary N) is 1. The number of benzene rings is 3. The highest BCUT2D eigenvalue weighted by Crippen LogP contribution is 2.37. The summed E-state index contributed by atoms with van der Waals surface area (Å²) in [5.74, 6) is -1.48. The maximum Gasteiger partial charge on any atom is 0.416 e. The maximum absolute atomic E-state index is 14.9. The number of carboxylic acid groups (broad SMARTS) is 1. The first-order chi connectivity index (χ1) is 19.0. The molecular weight excluding hydrogens is 550 g/mol. The zero-order valence-electron chi connectivity index (χ0n) is 21.9. The van der Waals surface area contributed by atoms with Gasteiger partial charge in [-0.25, -0.2) is 4.39 Å². The fourth-order valence-electron chi connectivity index (χ4n) is 4.09. The van der Waals surface area contributed by atoms with Crippen molar-refractivity contribution in [2.45, 2.75) is 57.7 Å². The van der Waals surface area contributed by atoms with E-state index in [9.17, 15) is 27.2 Å². The first-order valence-corrected chi connectivity index (χ1v) is 13.3. The average Bonchev–Trinajstić information content (AvgIpc) is 2.90. The van der Waals surface area contributed by atoms with Crippen molar-refractivity contribution in [2.24, 2.45) is 0 Å². The highest BCUT2D eigenvalue weighted by atomic mass is 35.5. The Hall–Kier alpha value is -3.59. The number of Topliss-reactive ketones (excluding diaryl/α,β-unsaturated/α-hetero) is 1. The van der Waals surface area contributed by atoms with Crippen molar-refractivity contribution in [3.8, 4) is 16.9 Å². The quantitative estimate of drug-likeness (QED) is 0.148. The lowest BCUT2D eigenvalue weighted by molar-refractivity contribution is -0.138. The van der Waals surface area contributed by atoms with Crippen LogP contribution >= 0.6 is 11.6 Å². The molecule has 0 aliphatic rings. The Morgan fingerprint density at radius 3 is 2.27 bits per heavy atom. The number of unbranched alkanes of at least 4 members (excludes halogenated alkanes) is 1. The minimum Gasteiger partial charge on any atom is -0.491 e. The van der Waals surface area contributed by atoms with Crippen LogP contribution in [0.15, 0.2) is 60.7 Å². The lowest BCUT2D eigenvalue weighted by Gasteiger charge is -2.21. The minimum absolute atomic E-state index is 0.0556. The van der Waals surface area contributed by atoms with Gasteiger partial charge in [0.05, 0.1) is 11.6 Å². The molecule has 3 aromatic rings.